The lowest BCUT2D eigenvalue weighted by Gasteiger charge is -2.25. The number of hydrogen-bond donors (Lipinski definition) is 1. The number of carbonyl (C=O) groups is 1. The number of imidazole rings is 1. The van der Waals surface area contributed by atoms with Crippen LogP contribution >= 0.6 is 36.4 Å². The van der Waals surface area contributed by atoms with Crippen LogP contribution in [-0.4, -0.2) is 28.5 Å². The number of amides is 1. The van der Waals surface area contributed by atoms with Gasteiger partial charge < -0.3 is 14.8 Å². The van der Waals surface area contributed by atoms with Crippen molar-refractivity contribution in [2.45, 2.75) is 20.0 Å². The minimum absolute atomic E-state index is 0. The lowest BCUT2D eigenvalue weighted by atomic mass is 10.1. The molecule has 1 aromatic heterocycles. The van der Waals surface area contributed by atoms with E-state index < -0.39 is 0 Å². The fraction of sp³-hybridized carbons (Fsp3) is 0.227. The Morgan fingerprint density at radius 2 is 1.97 bits per heavy atom. The molecule has 3 aromatic rings. The molecule has 0 spiro atoms. The maximum atomic E-state index is 11.3. The van der Waals surface area contributed by atoms with Crippen LogP contribution in [0.2, 0.25) is 5.02 Å². The third-order valence-corrected chi connectivity index (χ3v) is 4.75. The molecule has 1 N–H and O–H groups in total. The molecular weight excluding hydrogens is 457 g/mol. The summed E-state index contributed by atoms with van der Waals surface area (Å²) in [6.45, 7) is 3.97. The lowest BCUT2D eigenvalue weighted by Crippen LogP contribution is -2.34. The van der Waals surface area contributed by atoms with Crippen LogP contribution in [0.15, 0.2) is 61.1 Å². The fourth-order valence-electron chi connectivity index (χ4n) is 3.04. The van der Waals surface area contributed by atoms with Gasteiger partial charge in [0.1, 0.15) is 0 Å². The average Bonchev–Trinajstić information content (AvgIpc) is 3.14. The van der Waals surface area contributed by atoms with Crippen molar-refractivity contribution in [1.82, 2.24) is 14.9 Å². The Labute approximate surface area is 199 Å². The normalized spacial score (nSPS) is 9.71. The number of halogens is 3. The predicted molar refractivity (Wildman–Crippen MR) is 128 cm³/mol. The smallest absolute Gasteiger partial charge is 0.216 e. The first kappa shape index (κ1) is 26.3. The molecule has 0 fully saturated rings. The Kier molecular flexibility index (Phi) is 10.9. The van der Waals surface area contributed by atoms with E-state index in [0.717, 1.165) is 16.9 Å². The SMILES string of the molecule is CC(=O)NCCN(Cc1cncn1Cc1ccc(C#N)cc1)c1cccc(Cl)c1.Cl.Cl. The number of carbonyl (C=O) groups excluding carboxylic acids is 1. The van der Waals surface area contributed by atoms with Gasteiger partial charge in [-0.05, 0) is 35.9 Å². The number of nitrogens with one attached hydrogen (secondary N) is 1. The number of aromatic nitrogens is 2. The fourth-order valence-corrected chi connectivity index (χ4v) is 3.22. The van der Waals surface area contributed by atoms with Crippen LogP contribution in [0, 0.1) is 11.3 Å². The molecule has 2 aromatic carbocycles. The molecule has 1 heterocycles. The number of nitrogens with zero attached hydrogens (tertiary/aromatic N) is 4. The third-order valence-electron chi connectivity index (χ3n) is 4.52. The third kappa shape index (κ3) is 7.80. The standard InChI is InChI=1S/C22H22ClN5O.2ClH/c1-17(29)26-9-10-27(21-4-2-3-20(23)11-21)15-22-13-25-16-28(22)14-19-7-5-18(12-24)6-8-19;;/h2-8,11,13,16H,9-10,14-15H2,1H3,(H,26,29);2*1H. The van der Waals surface area contributed by atoms with E-state index in [0.29, 0.717) is 36.8 Å². The van der Waals surface area contributed by atoms with Crippen molar-refractivity contribution in [3.8, 4) is 6.07 Å². The van der Waals surface area contributed by atoms with E-state index in [2.05, 4.69) is 25.8 Å². The maximum absolute atomic E-state index is 11.3. The minimum Gasteiger partial charge on any atom is -0.364 e. The Bertz CT molecular complexity index is 1010. The Balaban J connectivity index is 0.00000240. The second-order valence-electron chi connectivity index (χ2n) is 6.71. The summed E-state index contributed by atoms with van der Waals surface area (Å²) in [5.41, 5.74) is 3.76. The molecule has 0 saturated heterocycles. The zero-order chi connectivity index (χ0) is 20.6. The van der Waals surface area contributed by atoms with E-state index in [-0.39, 0.29) is 30.7 Å². The zero-order valence-corrected chi connectivity index (χ0v) is 19.4. The molecule has 0 saturated carbocycles. The molecule has 9 heteroatoms. The molecule has 0 aliphatic heterocycles. The van der Waals surface area contributed by atoms with Gasteiger partial charge in [0.25, 0.3) is 0 Å². The largest absolute Gasteiger partial charge is 0.364 e. The molecule has 0 bridgehead atoms. The Morgan fingerprint density at radius 1 is 1.23 bits per heavy atom. The summed E-state index contributed by atoms with van der Waals surface area (Å²) in [6, 6.07) is 17.3. The minimum atomic E-state index is -0.0538. The van der Waals surface area contributed by atoms with Crippen molar-refractivity contribution in [2.24, 2.45) is 0 Å². The van der Waals surface area contributed by atoms with Crippen LogP contribution in [-0.2, 0) is 17.9 Å². The van der Waals surface area contributed by atoms with Gasteiger partial charge in [-0.1, -0.05) is 29.8 Å². The summed E-state index contributed by atoms with van der Waals surface area (Å²) in [4.78, 5) is 17.7. The van der Waals surface area contributed by atoms with E-state index in [1.165, 1.54) is 6.92 Å². The quantitative estimate of drug-likeness (QED) is 0.517. The van der Waals surface area contributed by atoms with E-state index in [4.69, 9.17) is 16.9 Å². The van der Waals surface area contributed by atoms with Crippen LogP contribution in [0.1, 0.15) is 23.7 Å². The average molecular weight is 481 g/mol. The highest BCUT2D eigenvalue weighted by Crippen LogP contribution is 2.21. The summed E-state index contributed by atoms with van der Waals surface area (Å²) in [5.74, 6) is -0.0538. The van der Waals surface area contributed by atoms with Crippen molar-refractivity contribution in [2.75, 3.05) is 18.0 Å². The summed E-state index contributed by atoms with van der Waals surface area (Å²) < 4.78 is 2.08. The van der Waals surface area contributed by atoms with Gasteiger partial charge in [0.2, 0.25) is 5.91 Å². The summed E-state index contributed by atoms with van der Waals surface area (Å²) >= 11 is 6.18. The number of benzene rings is 2. The van der Waals surface area contributed by atoms with Gasteiger partial charge in [0, 0.05) is 43.5 Å². The monoisotopic (exact) mass is 479 g/mol. The van der Waals surface area contributed by atoms with E-state index in [1.807, 2.05) is 54.7 Å². The van der Waals surface area contributed by atoms with Crippen molar-refractivity contribution < 1.29 is 4.79 Å². The molecule has 0 aliphatic carbocycles. The Morgan fingerprint density at radius 3 is 2.61 bits per heavy atom. The van der Waals surface area contributed by atoms with Crippen LogP contribution < -0.4 is 10.2 Å². The summed E-state index contributed by atoms with van der Waals surface area (Å²) in [7, 11) is 0. The molecular formula is C22H24Cl3N5O. The van der Waals surface area contributed by atoms with Gasteiger partial charge >= 0.3 is 0 Å². The zero-order valence-electron chi connectivity index (χ0n) is 17.0. The number of hydrogen-bond acceptors (Lipinski definition) is 4. The highest BCUT2D eigenvalue weighted by Gasteiger charge is 2.12. The van der Waals surface area contributed by atoms with Gasteiger partial charge in [-0.15, -0.1) is 24.8 Å². The molecule has 0 radical (unpaired) electrons. The molecule has 1 amide bonds. The van der Waals surface area contributed by atoms with Gasteiger partial charge in [0.15, 0.2) is 0 Å². The van der Waals surface area contributed by atoms with Gasteiger partial charge in [-0.25, -0.2) is 4.98 Å². The van der Waals surface area contributed by atoms with Gasteiger partial charge in [-0.2, -0.15) is 5.26 Å². The Hall–Kier alpha value is -2.72. The first-order chi connectivity index (χ1) is 14.0. The van der Waals surface area contributed by atoms with Crippen LogP contribution in [0.4, 0.5) is 5.69 Å². The van der Waals surface area contributed by atoms with Crippen molar-refractivity contribution >= 4 is 48.0 Å². The molecule has 164 valence electrons. The second-order valence-corrected chi connectivity index (χ2v) is 7.14. The first-order valence-electron chi connectivity index (χ1n) is 9.28. The van der Waals surface area contributed by atoms with Crippen molar-refractivity contribution in [3.05, 3.63) is 82.9 Å². The molecule has 3 rings (SSSR count). The van der Waals surface area contributed by atoms with Crippen LogP contribution in [0.25, 0.3) is 0 Å². The maximum Gasteiger partial charge on any atom is 0.216 e. The molecule has 0 aliphatic rings. The summed E-state index contributed by atoms with van der Waals surface area (Å²) in [6.07, 6.45) is 3.65. The lowest BCUT2D eigenvalue weighted by molar-refractivity contribution is -0.118. The second kappa shape index (κ2) is 12.9. The molecule has 0 unspecified atom stereocenters. The highest BCUT2D eigenvalue weighted by molar-refractivity contribution is 6.30. The van der Waals surface area contributed by atoms with Crippen LogP contribution in [0.3, 0.4) is 0 Å². The predicted octanol–water partition coefficient (Wildman–Crippen LogP) is 4.44. The molecule has 0 atom stereocenters. The van der Waals surface area contributed by atoms with Crippen molar-refractivity contribution in [1.29, 1.82) is 5.26 Å². The van der Waals surface area contributed by atoms with E-state index in [9.17, 15) is 4.79 Å². The van der Waals surface area contributed by atoms with Gasteiger partial charge in [-0.3, -0.25) is 4.79 Å². The van der Waals surface area contributed by atoms with E-state index >= 15 is 0 Å². The number of rotatable bonds is 8. The van der Waals surface area contributed by atoms with Crippen molar-refractivity contribution in [3.63, 3.8) is 0 Å². The topological polar surface area (TPSA) is 74.0 Å². The van der Waals surface area contributed by atoms with E-state index in [1.54, 1.807) is 6.33 Å². The first-order valence-corrected chi connectivity index (χ1v) is 9.66. The number of anilines is 1. The van der Waals surface area contributed by atoms with Crippen LogP contribution in [0.5, 0.6) is 0 Å². The molecule has 31 heavy (non-hydrogen) atoms. The number of nitriles is 1. The highest BCUT2D eigenvalue weighted by atomic mass is 35.5. The van der Waals surface area contributed by atoms with Gasteiger partial charge in [0.05, 0.1) is 30.2 Å². The summed E-state index contributed by atoms with van der Waals surface area (Å²) in [5, 5.41) is 12.5. The molecule has 6 nitrogen and oxygen atoms in total.